The zero-order chi connectivity index (χ0) is 12.1. The summed E-state index contributed by atoms with van der Waals surface area (Å²) in [6.07, 6.45) is 6.19. The van der Waals surface area contributed by atoms with Gasteiger partial charge < -0.3 is 10.6 Å². The van der Waals surface area contributed by atoms with Gasteiger partial charge in [0.1, 0.15) is 0 Å². The summed E-state index contributed by atoms with van der Waals surface area (Å²) in [4.78, 5) is 11.4. The minimum atomic E-state index is 0.0980. The second-order valence-electron chi connectivity index (χ2n) is 4.63. The average Bonchev–Trinajstić information content (AvgIpc) is 3.06. The van der Waals surface area contributed by atoms with Crippen molar-refractivity contribution >= 4 is 5.91 Å². The van der Waals surface area contributed by atoms with Gasteiger partial charge in [0.15, 0.2) is 0 Å². The molecule has 1 aliphatic rings. The van der Waals surface area contributed by atoms with E-state index in [0.29, 0.717) is 12.6 Å². The van der Waals surface area contributed by atoms with Crippen molar-refractivity contribution < 1.29 is 4.79 Å². The van der Waals surface area contributed by atoms with Gasteiger partial charge in [0, 0.05) is 18.3 Å². The van der Waals surface area contributed by atoms with E-state index in [1.807, 2.05) is 13.1 Å². The molecule has 2 rings (SSSR count). The maximum absolute atomic E-state index is 11.4. The van der Waals surface area contributed by atoms with Gasteiger partial charge in [-0.15, -0.1) is 0 Å². The summed E-state index contributed by atoms with van der Waals surface area (Å²) in [6.45, 7) is 3.20. The van der Waals surface area contributed by atoms with Gasteiger partial charge in [-0.1, -0.05) is 0 Å². The van der Waals surface area contributed by atoms with E-state index in [9.17, 15) is 4.79 Å². The summed E-state index contributed by atoms with van der Waals surface area (Å²) < 4.78 is 0. The molecule has 0 unspecified atom stereocenters. The molecule has 5 heteroatoms. The van der Waals surface area contributed by atoms with Gasteiger partial charge in [0.05, 0.1) is 12.7 Å². The molecule has 5 nitrogen and oxygen atoms in total. The van der Waals surface area contributed by atoms with Crippen molar-refractivity contribution in [2.24, 2.45) is 0 Å². The number of hydrogen-bond acceptors (Lipinski definition) is 3. The Morgan fingerprint density at radius 2 is 2.41 bits per heavy atom. The van der Waals surface area contributed by atoms with Crippen molar-refractivity contribution in [2.45, 2.75) is 38.6 Å². The Kier molecular flexibility index (Phi) is 4.14. The number of nitrogens with zero attached hydrogens (tertiary/aromatic N) is 1. The lowest BCUT2D eigenvalue weighted by molar-refractivity contribution is -0.120. The second-order valence-corrected chi connectivity index (χ2v) is 4.63. The molecule has 1 amide bonds. The van der Waals surface area contributed by atoms with Gasteiger partial charge in [0.2, 0.25) is 5.91 Å². The molecule has 0 saturated heterocycles. The molecular formula is C12H20N4O. The number of nitrogens with one attached hydrogen (secondary N) is 3. The first-order valence-corrected chi connectivity index (χ1v) is 6.24. The van der Waals surface area contributed by atoms with Gasteiger partial charge in [-0.3, -0.25) is 9.89 Å². The van der Waals surface area contributed by atoms with E-state index >= 15 is 0 Å². The van der Waals surface area contributed by atoms with E-state index < -0.39 is 0 Å². The van der Waals surface area contributed by atoms with Crippen molar-refractivity contribution in [3.05, 3.63) is 17.5 Å². The van der Waals surface area contributed by atoms with E-state index in [1.165, 1.54) is 18.4 Å². The molecule has 0 aliphatic heterocycles. The smallest absolute Gasteiger partial charge is 0.233 e. The standard InChI is InChI=1S/C12H20N4O/c1-9-10(7-15-16-9)3-2-6-13-12(17)8-14-11-4-5-11/h7,11,14H,2-6,8H2,1H3,(H,13,17)(H,15,16). The van der Waals surface area contributed by atoms with Crippen molar-refractivity contribution in [2.75, 3.05) is 13.1 Å². The molecule has 1 saturated carbocycles. The number of carbonyl (C=O) groups excluding carboxylic acids is 1. The molecule has 1 heterocycles. The quantitative estimate of drug-likeness (QED) is 0.604. The predicted octanol–water partition coefficient (Wildman–Crippen LogP) is 0.519. The number of carbonyl (C=O) groups is 1. The van der Waals surface area contributed by atoms with Crippen LogP contribution in [0, 0.1) is 6.92 Å². The first kappa shape index (κ1) is 12.1. The van der Waals surface area contributed by atoms with Crippen molar-refractivity contribution in [3.8, 4) is 0 Å². The van der Waals surface area contributed by atoms with Crippen LogP contribution in [0.1, 0.15) is 30.5 Å². The van der Waals surface area contributed by atoms with E-state index in [0.717, 1.165) is 25.1 Å². The van der Waals surface area contributed by atoms with Crippen LogP contribution in [0.15, 0.2) is 6.20 Å². The molecule has 1 aromatic heterocycles. The molecule has 1 aliphatic carbocycles. The number of H-pyrrole nitrogens is 1. The highest BCUT2D eigenvalue weighted by Gasteiger charge is 2.20. The van der Waals surface area contributed by atoms with Crippen LogP contribution >= 0.6 is 0 Å². The molecule has 0 radical (unpaired) electrons. The Labute approximate surface area is 101 Å². The maximum Gasteiger partial charge on any atom is 0.233 e. The molecule has 94 valence electrons. The lowest BCUT2D eigenvalue weighted by Crippen LogP contribution is -2.35. The molecule has 1 aromatic rings. The number of amides is 1. The van der Waals surface area contributed by atoms with Crippen LogP contribution in [0.4, 0.5) is 0 Å². The summed E-state index contributed by atoms with van der Waals surface area (Å²) in [5.74, 6) is 0.0980. The third-order valence-electron chi connectivity index (χ3n) is 3.01. The number of aromatic nitrogens is 2. The number of rotatable bonds is 7. The van der Waals surface area contributed by atoms with Crippen LogP contribution in [0.5, 0.6) is 0 Å². The molecule has 0 spiro atoms. The largest absolute Gasteiger partial charge is 0.355 e. The van der Waals surface area contributed by atoms with Gasteiger partial charge in [-0.25, -0.2) is 0 Å². The van der Waals surface area contributed by atoms with Crippen LogP contribution in [-0.2, 0) is 11.2 Å². The van der Waals surface area contributed by atoms with E-state index in [1.54, 1.807) is 0 Å². The maximum atomic E-state index is 11.4. The lowest BCUT2D eigenvalue weighted by Gasteiger charge is -2.05. The molecular weight excluding hydrogens is 216 g/mol. The fraction of sp³-hybridized carbons (Fsp3) is 0.667. The summed E-state index contributed by atoms with van der Waals surface area (Å²) in [5, 5.41) is 13.0. The zero-order valence-electron chi connectivity index (χ0n) is 10.3. The number of aryl methyl sites for hydroxylation is 2. The second kappa shape index (κ2) is 5.82. The minimum absolute atomic E-state index is 0.0980. The average molecular weight is 236 g/mol. The Bertz CT molecular complexity index is 370. The summed E-state index contributed by atoms with van der Waals surface area (Å²) in [7, 11) is 0. The minimum Gasteiger partial charge on any atom is -0.355 e. The van der Waals surface area contributed by atoms with Crippen molar-refractivity contribution in [1.29, 1.82) is 0 Å². The molecule has 3 N–H and O–H groups in total. The van der Waals surface area contributed by atoms with Gasteiger partial charge in [-0.05, 0) is 38.2 Å². The first-order chi connectivity index (χ1) is 8.25. The van der Waals surface area contributed by atoms with E-state index in [2.05, 4.69) is 20.8 Å². The molecule has 1 fully saturated rings. The van der Waals surface area contributed by atoms with Crippen LogP contribution in [0.3, 0.4) is 0 Å². The van der Waals surface area contributed by atoms with Gasteiger partial charge >= 0.3 is 0 Å². The SMILES string of the molecule is Cc1[nH]ncc1CCCNC(=O)CNC1CC1. The van der Waals surface area contributed by atoms with Gasteiger partial charge in [-0.2, -0.15) is 5.10 Å². The Morgan fingerprint density at radius 3 is 3.06 bits per heavy atom. The predicted molar refractivity (Wildman–Crippen MR) is 65.7 cm³/mol. The summed E-state index contributed by atoms with van der Waals surface area (Å²) in [6, 6.07) is 0.592. The Morgan fingerprint density at radius 1 is 1.59 bits per heavy atom. The number of hydrogen-bond donors (Lipinski definition) is 3. The summed E-state index contributed by atoms with van der Waals surface area (Å²) in [5.41, 5.74) is 2.35. The van der Waals surface area contributed by atoms with Crippen LogP contribution < -0.4 is 10.6 Å². The lowest BCUT2D eigenvalue weighted by atomic mass is 10.1. The van der Waals surface area contributed by atoms with Crippen molar-refractivity contribution in [3.63, 3.8) is 0 Å². The third kappa shape index (κ3) is 4.19. The highest BCUT2D eigenvalue weighted by Crippen LogP contribution is 2.17. The van der Waals surface area contributed by atoms with Crippen molar-refractivity contribution in [1.82, 2.24) is 20.8 Å². The van der Waals surface area contributed by atoms with Crippen LogP contribution in [-0.4, -0.2) is 35.2 Å². The number of aromatic amines is 1. The first-order valence-electron chi connectivity index (χ1n) is 6.24. The highest BCUT2D eigenvalue weighted by atomic mass is 16.1. The Hall–Kier alpha value is -1.36. The Balaban J connectivity index is 1.53. The molecule has 0 bridgehead atoms. The summed E-state index contributed by atoms with van der Waals surface area (Å²) >= 11 is 0. The van der Waals surface area contributed by atoms with Crippen LogP contribution in [0.2, 0.25) is 0 Å². The van der Waals surface area contributed by atoms with Gasteiger partial charge in [0.25, 0.3) is 0 Å². The monoisotopic (exact) mass is 236 g/mol. The molecule has 17 heavy (non-hydrogen) atoms. The fourth-order valence-corrected chi connectivity index (χ4v) is 1.72. The van der Waals surface area contributed by atoms with E-state index in [-0.39, 0.29) is 5.91 Å². The fourth-order valence-electron chi connectivity index (χ4n) is 1.72. The normalized spacial score (nSPS) is 14.9. The van der Waals surface area contributed by atoms with E-state index in [4.69, 9.17) is 0 Å². The zero-order valence-corrected chi connectivity index (χ0v) is 10.3. The topological polar surface area (TPSA) is 69.8 Å². The third-order valence-corrected chi connectivity index (χ3v) is 3.01. The molecule has 0 aromatic carbocycles. The molecule has 0 atom stereocenters. The van der Waals surface area contributed by atoms with Crippen LogP contribution in [0.25, 0.3) is 0 Å². The highest BCUT2D eigenvalue weighted by molar-refractivity contribution is 5.78.